The molecule has 0 aliphatic heterocycles. The molecule has 0 saturated carbocycles. The zero-order chi connectivity index (χ0) is 17.8. The summed E-state index contributed by atoms with van der Waals surface area (Å²) in [6.45, 7) is 14.2. The zero-order valence-corrected chi connectivity index (χ0v) is 19.6. The molecule has 0 N–H and O–H groups in total. The summed E-state index contributed by atoms with van der Waals surface area (Å²) in [5.41, 5.74) is 0. The normalized spacial score (nSPS) is 11.9. The van der Waals surface area contributed by atoms with Gasteiger partial charge in [0, 0.05) is 0 Å². The van der Waals surface area contributed by atoms with Crippen LogP contribution in [0.4, 0.5) is 0 Å². The van der Waals surface area contributed by atoms with Gasteiger partial charge in [0.05, 0.1) is 0 Å². The van der Waals surface area contributed by atoms with Crippen molar-refractivity contribution >= 4 is 15.8 Å². The van der Waals surface area contributed by atoms with E-state index < -0.39 is 7.26 Å². The molecule has 0 amide bonds. The molecule has 23 heavy (non-hydrogen) atoms. The van der Waals surface area contributed by atoms with Crippen LogP contribution in [-0.4, -0.2) is 37.5 Å². The molecule has 0 aliphatic rings. The third-order valence-corrected chi connectivity index (χ3v) is 10.9. The minimum absolute atomic E-state index is 0.812. The quantitative estimate of drug-likeness (QED) is 0.204. The fraction of sp³-hybridized carbons (Fsp3) is 1.00. The van der Waals surface area contributed by atoms with Crippen molar-refractivity contribution in [3.8, 4) is 0 Å². The van der Waals surface area contributed by atoms with Crippen LogP contribution in [0.5, 0.6) is 0 Å². The van der Waals surface area contributed by atoms with Gasteiger partial charge in [-0.05, 0) is 25.2 Å². The Hall–Kier alpha value is 0.860. The predicted molar refractivity (Wildman–Crippen MR) is 121 cm³/mol. The maximum atomic E-state index is 2.65. The van der Waals surface area contributed by atoms with Crippen LogP contribution in [-0.2, 0) is 0 Å². The summed E-state index contributed by atoms with van der Waals surface area (Å²) >= 11 is 0. The Bertz CT molecular complexity index is 176. The summed E-state index contributed by atoms with van der Waals surface area (Å²) in [4.78, 5) is 0. The number of hydrogen-bond donors (Lipinski definition) is 0. The van der Waals surface area contributed by atoms with Gasteiger partial charge in [-0.3, -0.25) is 0 Å². The van der Waals surface area contributed by atoms with E-state index in [1.165, 1.54) is 85.1 Å². The van der Waals surface area contributed by atoms with Crippen molar-refractivity contribution in [2.75, 3.05) is 37.5 Å². The van der Waals surface area contributed by atoms with Crippen molar-refractivity contribution in [1.82, 2.24) is 0 Å². The first-order valence-corrected chi connectivity index (χ1v) is 15.3. The van der Waals surface area contributed by atoms with Crippen LogP contribution in [0.15, 0.2) is 0 Å². The second-order valence-corrected chi connectivity index (χ2v) is 14.2. The average molecular weight is 365 g/mol. The van der Waals surface area contributed by atoms with Crippen LogP contribution < -0.4 is 0 Å². The average Bonchev–Trinajstić information content (AvgIpc) is 2.57. The van der Waals surface area contributed by atoms with E-state index in [0.29, 0.717) is 0 Å². The van der Waals surface area contributed by atoms with Crippen LogP contribution in [0.2, 0.25) is 0 Å². The maximum absolute atomic E-state index is 2.65. The number of hydrogen-bond acceptors (Lipinski definition) is 0. The van der Waals surface area contributed by atoms with Crippen LogP contribution in [0.25, 0.3) is 0 Å². The third-order valence-electron chi connectivity index (χ3n) is 4.82. The standard InChI is InChI=1S/C13H31P.C8H19P/c1-5-8-11-14(4,12-9-6-2)13-10-7-3;1-3-5-7-9-8-6-4-2/h14H,5-13H2,1-4H3;9H,3-8H2,1-2H3. The Morgan fingerprint density at radius 1 is 0.522 bits per heavy atom. The first kappa shape index (κ1) is 26.1. The first-order chi connectivity index (χ1) is 11.1. The van der Waals surface area contributed by atoms with Crippen LogP contribution in [0.3, 0.4) is 0 Å². The molecule has 0 aromatic rings. The van der Waals surface area contributed by atoms with Gasteiger partial charge < -0.3 is 0 Å². The van der Waals surface area contributed by atoms with E-state index in [0.717, 1.165) is 0 Å². The Morgan fingerprint density at radius 2 is 0.826 bits per heavy atom. The van der Waals surface area contributed by atoms with Gasteiger partial charge in [0.1, 0.15) is 0 Å². The molecule has 0 aliphatic carbocycles. The number of rotatable bonds is 15. The van der Waals surface area contributed by atoms with Gasteiger partial charge in [-0.25, -0.2) is 0 Å². The van der Waals surface area contributed by atoms with E-state index in [-0.39, 0.29) is 0 Å². The fourth-order valence-electron chi connectivity index (χ4n) is 2.91. The second-order valence-electron chi connectivity index (χ2n) is 7.58. The van der Waals surface area contributed by atoms with Crippen molar-refractivity contribution in [3.05, 3.63) is 0 Å². The molecular formula is C21H50P2. The SMILES string of the molecule is CCCCPCCCC.CCCC[PH](C)(CCCC)CCCC. The topological polar surface area (TPSA) is 0 Å². The Labute approximate surface area is 152 Å². The molecule has 0 bridgehead atoms. The van der Waals surface area contributed by atoms with E-state index >= 15 is 0 Å². The van der Waals surface area contributed by atoms with Crippen LogP contribution in [0, 0.1) is 0 Å². The van der Waals surface area contributed by atoms with E-state index in [1.807, 2.05) is 0 Å². The molecule has 0 saturated heterocycles. The van der Waals surface area contributed by atoms with Crippen molar-refractivity contribution < 1.29 is 0 Å². The van der Waals surface area contributed by atoms with Gasteiger partial charge in [0.25, 0.3) is 0 Å². The molecule has 0 unspecified atom stereocenters. The Morgan fingerprint density at radius 3 is 1.09 bits per heavy atom. The van der Waals surface area contributed by atoms with Crippen molar-refractivity contribution in [1.29, 1.82) is 0 Å². The summed E-state index contributed by atoms with van der Waals surface area (Å²) in [6, 6.07) is 0. The molecule has 0 aromatic carbocycles. The summed E-state index contributed by atoms with van der Waals surface area (Å²) in [7, 11) is 0.434. The van der Waals surface area contributed by atoms with E-state index in [1.54, 1.807) is 18.5 Å². The van der Waals surface area contributed by atoms with Crippen molar-refractivity contribution in [2.24, 2.45) is 0 Å². The van der Waals surface area contributed by atoms with Gasteiger partial charge in [-0.15, -0.1) is 8.58 Å². The first-order valence-electron chi connectivity index (χ1n) is 10.8. The van der Waals surface area contributed by atoms with E-state index in [4.69, 9.17) is 0 Å². The third kappa shape index (κ3) is 20.8. The molecule has 0 atom stereocenters. The van der Waals surface area contributed by atoms with Gasteiger partial charge >= 0.3 is 91.7 Å². The molecule has 0 aromatic heterocycles. The Kier molecular flexibility index (Phi) is 23.7. The zero-order valence-electron chi connectivity index (χ0n) is 17.6. The van der Waals surface area contributed by atoms with Crippen LogP contribution >= 0.6 is 15.8 Å². The fourth-order valence-corrected chi connectivity index (χ4v) is 8.74. The van der Waals surface area contributed by atoms with Gasteiger partial charge in [0.2, 0.25) is 0 Å². The molecule has 0 rings (SSSR count). The van der Waals surface area contributed by atoms with Gasteiger partial charge in [-0.1, -0.05) is 26.7 Å². The monoisotopic (exact) mass is 364 g/mol. The second kappa shape index (κ2) is 20.9. The molecule has 0 radical (unpaired) electrons. The van der Waals surface area contributed by atoms with Crippen molar-refractivity contribution in [2.45, 2.75) is 98.8 Å². The molecule has 144 valence electrons. The number of unbranched alkanes of at least 4 members (excludes halogenated alkanes) is 5. The molecule has 0 heterocycles. The van der Waals surface area contributed by atoms with Crippen LogP contribution in [0.1, 0.15) is 98.8 Å². The molecule has 2 heteroatoms. The summed E-state index contributed by atoms with van der Waals surface area (Å²) in [5, 5.41) is 0. The summed E-state index contributed by atoms with van der Waals surface area (Å²) in [6.07, 6.45) is 22.0. The molecule has 0 fully saturated rings. The molecule has 0 spiro atoms. The van der Waals surface area contributed by atoms with E-state index in [2.05, 4.69) is 41.3 Å². The molecule has 0 nitrogen and oxygen atoms in total. The summed E-state index contributed by atoms with van der Waals surface area (Å²) in [5.74, 6) is 0. The van der Waals surface area contributed by atoms with Gasteiger partial charge in [0.15, 0.2) is 0 Å². The predicted octanol–water partition coefficient (Wildman–Crippen LogP) is 8.03. The van der Waals surface area contributed by atoms with Gasteiger partial charge in [-0.2, -0.15) is 0 Å². The van der Waals surface area contributed by atoms with E-state index in [9.17, 15) is 0 Å². The summed E-state index contributed by atoms with van der Waals surface area (Å²) < 4.78 is 0. The molecular weight excluding hydrogens is 314 g/mol. The Balaban J connectivity index is 0. The minimum atomic E-state index is -0.812. The van der Waals surface area contributed by atoms with Crippen molar-refractivity contribution in [3.63, 3.8) is 0 Å².